The summed E-state index contributed by atoms with van der Waals surface area (Å²) in [5, 5.41) is 7.05. The van der Waals surface area contributed by atoms with Gasteiger partial charge in [0.05, 0.1) is 13.4 Å². The van der Waals surface area contributed by atoms with Crippen LogP contribution in [-0.2, 0) is 6.42 Å². The number of H-pyrrole nitrogens is 2. The molecule has 21 heavy (non-hydrogen) atoms. The maximum Gasteiger partial charge on any atom is 0.125 e. The van der Waals surface area contributed by atoms with Crippen molar-refractivity contribution in [3.05, 3.63) is 65.5 Å². The van der Waals surface area contributed by atoms with Crippen molar-refractivity contribution in [1.82, 2.24) is 20.2 Å². The standard InChI is InChI=1S/C16H18N4O/c1-11-4-3-5-13(16(11)21-2)14(15-9-17-10-18-15)8-12-6-7-19-20-12/h3-7,9-10,14H,8H2,1-2H3,(H,17,18)(H,19,20). The molecule has 5 nitrogen and oxygen atoms in total. The van der Waals surface area contributed by atoms with Gasteiger partial charge in [-0.25, -0.2) is 4.98 Å². The lowest BCUT2D eigenvalue weighted by Crippen LogP contribution is -2.08. The predicted octanol–water partition coefficient (Wildman–Crippen LogP) is 2.82. The third kappa shape index (κ3) is 2.67. The summed E-state index contributed by atoms with van der Waals surface area (Å²) in [6, 6.07) is 8.21. The van der Waals surface area contributed by atoms with Gasteiger partial charge in [0.2, 0.25) is 0 Å². The van der Waals surface area contributed by atoms with Crippen molar-refractivity contribution >= 4 is 0 Å². The number of rotatable bonds is 5. The number of aromatic nitrogens is 4. The molecule has 5 heteroatoms. The normalized spacial score (nSPS) is 12.3. The van der Waals surface area contributed by atoms with Crippen molar-refractivity contribution in [1.29, 1.82) is 0 Å². The first-order valence-corrected chi connectivity index (χ1v) is 6.89. The average Bonchev–Trinajstić information content (AvgIpc) is 3.18. The van der Waals surface area contributed by atoms with Gasteiger partial charge in [0.15, 0.2) is 0 Å². The topological polar surface area (TPSA) is 66.6 Å². The molecule has 0 bridgehead atoms. The van der Waals surface area contributed by atoms with E-state index >= 15 is 0 Å². The Bertz CT molecular complexity index is 689. The van der Waals surface area contributed by atoms with E-state index in [-0.39, 0.29) is 5.92 Å². The fourth-order valence-electron chi connectivity index (χ4n) is 2.69. The van der Waals surface area contributed by atoms with Crippen LogP contribution in [0.25, 0.3) is 0 Å². The summed E-state index contributed by atoms with van der Waals surface area (Å²) in [6.45, 7) is 2.06. The van der Waals surface area contributed by atoms with Gasteiger partial charge in [-0.2, -0.15) is 5.10 Å². The van der Waals surface area contributed by atoms with Gasteiger partial charge in [-0.05, 0) is 18.6 Å². The van der Waals surface area contributed by atoms with Crippen LogP contribution in [0.15, 0.2) is 43.0 Å². The van der Waals surface area contributed by atoms with Crippen molar-refractivity contribution in [2.45, 2.75) is 19.3 Å². The van der Waals surface area contributed by atoms with Crippen LogP contribution in [0.2, 0.25) is 0 Å². The number of aryl methyl sites for hydroxylation is 1. The molecule has 0 aliphatic heterocycles. The third-order valence-electron chi connectivity index (χ3n) is 3.70. The molecule has 3 aromatic rings. The quantitative estimate of drug-likeness (QED) is 0.756. The Morgan fingerprint density at radius 2 is 2.19 bits per heavy atom. The van der Waals surface area contributed by atoms with E-state index in [0.717, 1.165) is 34.7 Å². The minimum Gasteiger partial charge on any atom is -0.496 e. The highest BCUT2D eigenvalue weighted by Gasteiger charge is 2.21. The van der Waals surface area contributed by atoms with Gasteiger partial charge in [0.25, 0.3) is 0 Å². The lowest BCUT2D eigenvalue weighted by Gasteiger charge is -2.19. The van der Waals surface area contributed by atoms with Crippen LogP contribution in [0, 0.1) is 6.92 Å². The zero-order valence-corrected chi connectivity index (χ0v) is 12.1. The van der Waals surface area contributed by atoms with E-state index in [1.807, 2.05) is 12.3 Å². The molecule has 0 aliphatic carbocycles. The van der Waals surface area contributed by atoms with Crippen molar-refractivity contribution in [2.75, 3.05) is 7.11 Å². The number of aromatic amines is 2. The minimum atomic E-state index is 0.141. The van der Waals surface area contributed by atoms with Crippen LogP contribution >= 0.6 is 0 Å². The second kappa shape index (κ2) is 5.83. The highest BCUT2D eigenvalue weighted by atomic mass is 16.5. The van der Waals surface area contributed by atoms with E-state index in [1.54, 1.807) is 19.6 Å². The Kier molecular flexibility index (Phi) is 3.73. The third-order valence-corrected chi connectivity index (χ3v) is 3.70. The van der Waals surface area contributed by atoms with Gasteiger partial charge in [0, 0.05) is 41.7 Å². The molecule has 0 spiro atoms. The molecule has 1 atom stereocenters. The molecule has 0 aliphatic rings. The Morgan fingerprint density at radius 1 is 1.29 bits per heavy atom. The van der Waals surface area contributed by atoms with E-state index in [2.05, 4.69) is 45.3 Å². The van der Waals surface area contributed by atoms with Crippen LogP contribution in [0.5, 0.6) is 5.75 Å². The summed E-state index contributed by atoms with van der Waals surface area (Å²) in [5.41, 5.74) is 4.42. The number of nitrogens with one attached hydrogen (secondary N) is 2. The van der Waals surface area contributed by atoms with Crippen molar-refractivity contribution in [2.24, 2.45) is 0 Å². The van der Waals surface area contributed by atoms with Gasteiger partial charge in [-0.3, -0.25) is 5.10 Å². The molecule has 1 aromatic carbocycles. The minimum absolute atomic E-state index is 0.141. The zero-order chi connectivity index (χ0) is 14.7. The van der Waals surface area contributed by atoms with E-state index in [9.17, 15) is 0 Å². The Balaban J connectivity index is 2.05. The number of nitrogens with zero attached hydrogens (tertiary/aromatic N) is 2. The highest BCUT2D eigenvalue weighted by molar-refractivity contribution is 5.46. The average molecular weight is 282 g/mol. The van der Waals surface area contributed by atoms with Crippen molar-refractivity contribution in [3.8, 4) is 5.75 Å². The van der Waals surface area contributed by atoms with Crippen molar-refractivity contribution < 1.29 is 4.74 Å². The second-order valence-electron chi connectivity index (χ2n) is 5.04. The SMILES string of the molecule is COc1c(C)cccc1C(Cc1ccn[nH]1)c1cnc[nH]1. The van der Waals surface area contributed by atoms with Crippen LogP contribution < -0.4 is 4.74 Å². The van der Waals surface area contributed by atoms with Gasteiger partial charge < -0.3 is 9.72 Å². The summed E-state index contributed by atoms with van der Waals surface area (Å²) in [6.07, 6.45) is 6.15. The molecule has 3 rings (SSSR count). The van der Waals surface area contributed by atoms with Gasteiger partial charge in [-0.1, -0.05) is 18.2 Å². The van der Waals surface area contributed by atoms with E-state index < -0.39 is 0 Å². The first kappa shape index (κ1) is 13.4. The molecule has 2 N–H and O–H groups in total. The number of ether oxygens (including phenoxy) is 1. The predicted molar refractivity (Wildman–Crippen MR) is 80.5 cm³/mol. The second-order valence-corrected chi connectivity index (χ2v) is 5.04. The van der Waals surface area contributed by atoms with Crippen LogP contribution in [-0.4, -0.2) is 27.3 Å². The highest BCUT2D eigenvalue weighted by Crippen LogP contribution is 2.35. The first-order chi connectivity index (χ1) is 10.3. The Morgan fingerprint density at radius 3 is 2.86 bits per heavy atom. The van der Waals surface area contributed by atoms with E-state index in [0.29, 0.717) is 0 Å². The molecule has 0 fully saturated rings. The van der Waals surface area contributed by atoms with Gasteiger partial charge >= 0.3 is 0 Å². The lowest BCUT2D eigenvalue weighted by atomic mass is 9.89. The van der Waals surface area contributed by atoms with Crippen LogP contribution in [0.1, 0.15) is 28.4 Å². The molecular formula is C16H18N4O. The molecular weight excluding hydrogens is 264 g/mol. The van der Waals surface area contributed by atoms with Gasteiger partial charge in [-0.15, -0.1) is 0 Å². The molecule has 0 radical (unpaired) electrons. The first-order valence-electron chi connectivity index (χ1n) is 6.89. The fourth-order valence-corrected chi connectivity index (χ4v) is 2.69. The number of benzene rings is 1. The number of imidazole rings is 1. The molecule has 0 saturated heterocycles. The molecule has 0 amide bonds. The molecule has 1 unspecified atom stereocenters. The lowest BCUT2D eigenvalue weighted by molar-refractivity contribution is 0.404. The Labute approximate surface area is 123 Å². The summed E-state index contributed by atoms with van der Waals surface area (Å²) < 4.78 is 5.61. The maximum atomic E-state index is 5.61. The maximum absolute atomic E-state index is 5.61. The number of hydrogen-bond acceptors (Lipinski definition) is 3. The van der Waals surface area contributed by atoms with E-state index in [4.69, 9.17) is 4.74 Å². The van der Waals surface area contributed by atoms with Crippen LogP contribution in [0.3, 0.4) is 0 Å². The Hall–Kier alpha value is -2.56. The summed E-state index contributed by atoms with van der Waals surface area (Å²) in [5.74, 6) is 1.07. The number of methoxy groups -OCH3 is 1. The van der Waals surface area contributed by atoms with E-state index in [1.165, 1.54) is 0 Å². The van der Waals surface area contributed by atoms with Crippen molar-refractivity contribution in [3.63, 3.8) is 0 Å². The monoisotopic (exact) mass is 282 g/mol. The molecule has 2 aromatic heterocycles. The molecule has 0 saturated carbocycles. The molecule has 108 valence electrons. The number of hydrogen-bond donors (Lipinski definition) is 2. The largest absolute Gasteiger partial charge is 0.496 e. The smallest absolute Gasteiger partial charge is 0.125 e. The molecule has 2 heterocycles. The summed E-state index contributed by atoms with van der Waals surface area (Å²) in [7, 11) is 1.71. The van der Waals surface area contributed by atoms with Gasteiger partial charge in [0.1, 0.15) is 5.75 Å². The zero-order valence-electron chi connectivity index (χ0n) is 12.1. The van der Waals surface area contributed by atoms with Crippen LogP contribution in [0.4, 0.5) is 0 Å². The summed E-state index contributed by atoms with van der Waals surface area (Å²) in [4.78, 5) is 7.37. The fraction of sp³-hybridized carbons (Fsp3) is 0.250. The number of para-hydroxylation sites is 1. The summed E-state index contributed by atoms with van der Waals surface area (Å²) >= 11 is 0.